The number of sulfone groups is 1. The fourth-order valence-corrected chi connectivity index (χ4v) is 2.90. The van der Waals surface area contributed by atoms with Gasteiger partial charge in [-0.25, -0.2) is 8.42 Å². The molecule has 0 spiro atoms. The van der Waals surface area contributed by atoms with Crippen molar-refractivity contribution in [2.24, 2.45) is 0 Å². The number of hydrogen-bond donors (Lipinski definition) is 0. The van der Waals surface area contributed by atoms with Crippen molar-refractivity contribution in [3.8, 4) is 0 Å². The van der Waals surface area contributed by atoms with Crippen molar-refractivity contribution < 1.29 is 8.42 Å². The van der Waals surface area contributed by atoms with Gasteiger partial charge in [-0.2, -0.15) is 0 Å². The maximum Gasteiger partial charge on any atom is 0.151 e. The minimum absolute atomic E-state index is 0.266. The molecular weight excluding hydrogens is 222 g/mol. The van der Waals surface area contributed by atoms with Gasteiger partial charge < -0.3 is 0 Å². The molecule has 0 aromatic heterocycles. The Morgan fingerprint density at radius 1 is 1.36 bits per heavy atom. The summed E-state index contributed by atoms with van der Waals surface area (Å²) in [5.74, 6) is 1.03. The van der Waals surface area contributed by atoms with E-state index in [1.807, 2.05) is 0 Å². The zero-order chi connectivity index (χ0) is 10.6. The van der Waals surface area contributed by atoms with Crippen molar-refractivity contribution in [3.05, 3.63) is 12.2 Å². The van der Waals surface area contributed by atoms with Gasteiger partial charge in [-0.3, -0.25) is 4.90 Å². The van der Waals surface area contributed by atoms with Crippen LogP contribution in [0.1, 0.15) is 6.42 Å². The molecule has 1 rings (SSSR count). The topological polar surface area (TPSA) is 37.4 Å². The highest BCUT2D eigenvalue weighted by Crippen LogP contribution is 2.07. The molecule has 1 aliphatic heterocycles. The predicted octanol–water partition coefficient (Wildman–Crippen LogP) is 0.902. The summed E-state index contributed by atoms with van der Waals surface area (Å²) in [6, 6.07) is 0. The zero-order valence-corrected chi connectivity index (χ0v) is 9.78. The van der Waals surface area contributed by atoms with Gasteiger partial charge >= 0.3 is 0 Å². The monoisotopic (exact) mass is 237 g/mol. The van der Waals surface area contributed by atoms with E-state index < -0.39 is 9.84 Å². The number of rotatable bonds is 3. The van der Waals surface area contributed by atoms with Crippen molar-refractivity contribution in [2.45, 2.75) is 6.42 Å². The summed E-state index contributed by atoms with van der Waals surface area (Å²) < 4.78 is 22.6. The zero-order valence-electron chi connectivity index (χ0n) is 8.21. The lowest BCUT2D eigenvalue weighted by molar-refractivity contribution is 0.321. The van der Waals surface area contributed by atoms with E-state index in [2.05, 4.69) is 11.5 Å². The van der Waals surface area contributed by atoms with E-state index in [1.54, 1.807) is 0 Å². The average Bonchev–Trinajstić information content (AvgIpc) is 2.28. The number of halogens is 1. The summed E-state index contributed by atoms with van der Waals surface area (Å²) in [6.45, 7) is 5.97. The normalized spacial score (nSPS) is 22.9. The third-order valence-electron chi connectivity index (χ3n) is 2.28. The van der Waals surface area contributed by atoms with Crippen LogP contribution in [0.5, 0.6) is 0 Å². The molecule has 0 amide bonds. The SMILES string of the molecule is C=C(CCl)CN1CCCS(=O)(=O)CC1. The molecule has 0 bridgehead atoms. The van der Waals surface area contributed by atoms with Gasteiger partial charge in [0.1, 0.15) is 0 Å². The first-order valence-electron chi connectivity index (χ1n) is 4.69. The quantitative estimate of drug-likeness (QED) is 0.541. The van der Waals surface area contributed by atoms with Gasteiger partial charge in [0.05, 0.1) is 11.5 Å². The van der Waals surface area contributed by atoms with Crippen molar-refractivity contribution >= 4 is 21.4 Å². The maximum absolute atomic E-state index is 11.3. The second-order valence-electron chi connectivity index (χ2n) is 3.67. The second kappa shape index (κ2) is 5.14. The fraction of sp³-hybridized carbons (Fsp3) is 0.778. The van der Waals surface area contributed by atoms with Crippen molar-refractivity contribution in [1.82, 2.24) is 4.90 Å². The van der Waals surface area contributed by atoms with Crippen LogP contribution in [0.15, 0.2) is 12.2 Å². The lowest BCUT2D eigenvalue weighted by Crippen LogP contribution is -2.29. The fourth-order valence-electron chi connectivity index (χ4n) is 1.51. The molecule has 1 aliphatic rings. The van der Waals surface area contributed by atoms with E-state index in [9.17, 15) is 8.42 Å². The number of hydrogen-bond acceptors (Lipinski definition) is 3. The van der Waals surface area contributed by atoms with Gasteiger partial charge in [-0.05, 0) is 18.5 Å². The Labute approximate surface area is 90.7 Å². The molecule has 1 heterocycles. The summed E-state index contributed by atoms with van der Waals surface area (Å²) in [6.07, 6.45) is 0.720. The van der Waals surface area contributed by atoms with Gasteiger partial charge in [-0.1, -0.05) is 6.58 Å². The largest absolute Gasteiger partial charge is 0.298 e. The molecule has 5 heteroatoms. The van der Waals surface area contributed by atoms with Gasteiger partial charge in [-0.15, -0.1) is 11.6 Å². The van der Waals surface area contributed by atoms with Crippen molar-refractivity contribution in [1.29, 1.82) is 0 Å². The number of nitrogens with zero attached hydrogens (tertiary/aromatic N) is 1. The van der Waals surface area contributed by atoms with Crippen LogP contribution in [-0.2, 0) is 9.84 Å². The van der Waals surface area contributed by atoms with Crippen LogP contribution in [0.2, 0.25) is 0 Å². The predicted molar refractivity (Wildman–Crippen MR) is 59.6 cm³/mol. The molecule has 14 heavy (non-hydrogen) atoms. The van der Waals surface area contributed by atoms with Crippen LogP contribution in [0.4, 0.5) is 0 Å². The van der Waals surface area contributed by atoms with Crippen LogP contribution in [0, 0.1) is 0 Å². The molecule has 82 valence electrons. The van der Waals surface area contributed by atoms with E-state index in [0.717, 1.165) is 25.1 Å². The minimum atomic E-state index is -2.80. The Bertz CT molecular complexity index is 300. The molecule has 0 aromatic rings. The second-order valence-corrected chi connectivity index (χ2v) is 6.24. The van der Waals surface area contributed by atoms with E-state index in [0.29, 0.717) is 18.2 Å². The third kappa shape index (κ3) is 3.98. The highest BCUT2D eigenvalue weighted by atomic mass is 35.5. The molecule has 1 saturated heterocycles. The molecular formula is C9H16ClNO2S. The molecule has 0 atom stereocenters. The first kappa shape index (κ1) is 12.0. The summed E-state index contributed by atoms with van der Waals surface area (Å²) in [5, 5.41) is 0. The molecule has 0 aromatic carbocycles. The lowest BCUT2D eigenvalue weighted by atomic mass is 10.3. The average molecular weight is 238 g/mol. The summed E-state index contributed by atoms with van der Waals surface area (Å²) in [4.78, 5) is 2.11. The Balaban J connectivity index is 2.46. The molecule has 3 nitrogen and oxygen atoms in total. The highest BCUT2D eigenvalue weighted by Gasteiger charge is 2.18. The number of alkyl halides is 1. The Kier molecular flexibility index (Phi) is 4.41. The Hall–Kier alpha value is -0.0600. The highest BCUT2D eigenvalue weighted by molar-refractivity contribution is 7.91. The Morgan fingerprint density at radius 3 is 2.71 bits per heavy atom. The minimum Gasteiger partial charge on any atom is -0.298 e. The first-order chi connectivity index (χ1) is 6.53. The molecule has 0 saturated carbocycles. The van der Waals surface area contributed by atoms with Gasteiger partial charge in [0.15, 0.2) is 9.84 Å². The van der Waals surface area contributed by atoms with E-state index >= 15 is 0 Å². The smallest absolute Gasteiger partial charge is 0.151 e. The molecule has 0 unspecified atom stereocenters. The third-order valence-corrected chi connectivity index (χ3v) is 4.38. The van der Waals surface area contributed by atoms with Crippen molar-refractivity contribution in [2.75, 3.05) is 37.0 Å². The molecule has 0 N–H and O–H groups in total. The summed E-state index contributed by atoms with van der Waals surface area (Å²) in [7, 11) is -2.80. The summed E-state index contributed by atoms with van der Waals surface area (Å²) >= 11 is 5.62. The molecule has 0 aliphatic carbocycles. The van der Waals surface area contributed by atoms with E-state index in [-0.39, 0.29) is 5.75 Å². The maximum atomic E-state index is 11.3. The van der Waals surface area contributed by atoms with Crippen LogP contribution in [0.25, 0.3) is 0 Å². The van der Waals surface area contributed by atoms with Crippen LogP contribution in [-0.4, -0.2) is 50.3 Å². The van der Waals surface area contributed by atoms with E-state index in [1.165, 1.54) is 0 Å². The van der Waals surface area contributed by atoms with Crippen LogP contribution < -0.4 is 0 Å². The standard InChI is InChI=1S/C9H16ClNO2S/c1-9(7-10)8-11-3-2-5-14(12,13)6-4-11/h1-8H2. The van der Waals surface area contributed by atoms with Gasteiger partial charge in [0, 0.05) is 19.0 Å². The summed E-state index contributed by atoms with van der Waals surface area (Å²) in [5.41, 5.74) is 0.950. The van der Waals surface area contributed by atoms with E-state index in [4.69, 9.17) is 11.6 Å². The van der Waals surface area contributed by atoms with Crippen molar-refractivity contribution in [3.63, 3.8) is 0 Å². The van der Waals surface area contributed by atoms with Crippen LogP contribution in [0.3, 0.4) is 0 Å². The van der Waals surface area contributed by atoms with Gasteiger partial charge in [0.25, 0.3) is 0 Å². The molecule has 0 radical (unpaired) electrons. The van der Waals surface area contributed by atoms with Crippen LogP contribution >= 0.6 is 11.6 Å². The Morgan fingerprint density at radius 2 is 2.07 bits per heavy atom. The molecule has 1 fully saturated rings. The first-order valence-corrected chi connectivity index (χ1v) is 7.04. The lowest BCUT2D eigenvalue weighted by Gasteiger charge is -2.19. The van der Waals surface area contributed by atoms with Gasteiger partial charge in [0.2, 0.25) is 0 Å².